The van der Waals surface area contributed by atoms with E-state index < -0.39 is 11.5 Å². The van der Waals surface area contributed by atoms with Gasteiger partial charge in [0.25, 0.3) is 0 Å². The monoisotopic (exact) mass is 280 g/mol. The van der Waals surface area contributed by atoms with E-state index in [4.69, 9.17) is 0 Å². The Bertz CT molecular complexity index is 519. The fourth-order valence-electron chi connectivity index (χ4n) is 2.80. The summed E-state index contributed by atoms with van der Waals surface area (Å²) < 4.78 is 13.3. The predicted octanol–water partition coefficient (Wildman–Crippen LogP) is 1.84. The summed E-state index contributed by atoms with van der Waals surface area (Å²) in [4.78, 5) is 14.0. The summed E-state index contributed by atoms with van der Waals surface area (Å²) in [5, 5.41) is 12.5. The van der Waals surface area contributed by atoms with E-state index in [1.807, 2.05) is 11.8 Å². The molecule has 1 aromatic carbocycles. The normalized spacial score (nSPS) is 23.8. The van der Waals surface area contributed by atoms with Gasteiger partial charge in [-0.15, -0.1) is 0 Å². The molecule has 1 fully saturated rings. The first kappa shape index (κ1) is 14.8. The Labute approximate surface area is 118 Å². The Morgan fingerprint density at radius 2 is 2.25 bits per heavy atom. The van der Waals surface area contributed by atoms with Crippen molar-refractivity contribution in [2.75, 3.05) is 25.0 Å². The zero-order valence-corrected chi connectivity index (χ0v) is 12.1. The first-order chi connectivity index (χ1) is 9.37. The highest BCUT2D eigenvalue weighted by Gasteiger charge is 2.40. The van der Waals surface area contributed by atoms with Crippen molar-refractivity contribution in [3.8, 4) is 0 Å². The molecular formula is C15H21FN2O2. The molecule has 1 aliphatic rings. The highest BCUT2D eigenvalue weighted by Crippen LogP contribution is 2.36. The molecule has 0 spiro atoms. The van der Waals surface area contributed by atoms with Crippen LogP contribution in [0.5, 0.6) is 0 Å². The number of hydrogen-bond acceptors (Lipinski definition) is 3. The van der Waals surface area contributed by atoms with Crippen LogP contribution in [0.2, 0.25) is 0 Å². The summed E-state index contributed by atoms with van der Waals surface area (Å²) in [7, 11) is 1.63. The molecule has 5 heteroatoms. The van der Waals surface area contributed by atoms with Gasteiger partial charge in [-0.05, 0) is 38.5 Å². The van der Waals surface area contributed by atoms with Crippen LogP contribution in [0.1, 0.15) is 31.9 Å². The van der Waals surface area contributed by atoms with Gasteiger partial charge < -0.3 is 15.3 Å². The molecule has 4 nitrogen and oxygen atoms in total. The van der Waals surface area contributed by atoms with Crippen molar-refractivity contribution in [3.63, 3.8) is 0 Å². The second kappa shape index (κ2) is 5.40. The Kier molecular flexibility index (Phi) is 3.99. The van der Waals surface area contributed by atoms with Gasteiger partial charge >= 0.3 is 0 Å². The van der Waals surface area contributed by atoms with Gasteiger partial charge in [0.15, 0.2) is 0 Å². The van der Waals surface area contributed by atoms with Crippen molar-refractivity contribution in [3.05, 3.63) is 29.6 Å². The van der Waals surface area contributed by atoms with E-state index in [0.29, 0.717) is 12.1 Å². The van der Waals surface area contributed by atoms with Gasteiger partial charge in [-0.2, -0.15) is 0 Å². The molecule has 1 saturated heterocycles. The maximum absolute atomic E-state index is 13.3. The molecule has 0 bridgehead atoms. The van der Waals surface area contributed by atoms with Crippen molar-refractivity contribution >= 4 is 11.6 Å². The fraction of sp³-hybridized carbons (Fsp3) is 0.533. The summed E-state index contributed by atoms with van der Waals surface area (Å²) in [6, 6.07) is 4.42. The van der Waals surface area contributed by atoms with Crippen molar-refractivity contribution < 1.29 is 14.3 Å². The smallest absolute Gasteiger partial charge is 0.227 e. The second-order valence-corrected chi connectivity index (χ2v) is 5.69. The second-order valence-electron chi connectivity index (χ2n) is 5.69. The van der Waals surface area contributed by atoms with E-state index in [1.165, 1.54) is 12.1 Å². The Hall–Kier alpha value is -1.62. The molecule has 2 N–H and O–H groups in total. The third-order valence-electron chi connectivity index (χ3n) is 4.03. The Morgan fingerprint density at radius 3 is 2.85 bits per heavy atom. The van der Waals surface area contributed by atoms with Gasteiger partial charge in [0, 0.05) is 31.4 Å². The molecule has 2 atom stereocenters. The first-order valence-corrected chi connectivity index (χ1v) is 6.82. The van der Waals surface area contributed by atoms with E-state index in [2.05, 4.69) is 5.32 Å². The zero-order valence-electron chi connectivity index (χ0n) is 12.1. The standard InChI is InChI=1S/C15H21FN2O2/c1-10(19)12-8-11(16)4-5-13(12)18-7-6-15(2,9-18)14(20)17-3/h4-5,8,10,19H,6-7,9H2,1-3H3,(H,17,20)/t10-,15?/m1/s1. The molecule has 1 heterocycles. The van der Waals surface area contributed by atoms with Gasteiger partial charge in [0.2, 0.25) is 5.91 Å². The van der Waals surface area contributed by atoms with E-state index in [9.17, 15) is 14.3 Å². The first-order valence-electron chi connectivity index (χ1n) is 6.82. The Morgan fingerprint density at radius 1 is 1.55 bits per heavy atom. The predicted molar refractivity (Wildman–Crippen MR) is 76.0 cm³/mol. The van der Waals surface area contributed by atoms with E-state index in [0.717, 1.165) is 18.7 Å². The fourth-order valence-corrected chi connectivity index (χ4v) is 2.80. The molecule has 0 radical (unpaired) electrons. The number of aliphatic hydroxyl groups excluding tert-OH is 1. The lowest BCUT2D eigenvalue weighted by Crippen LogP contribution is -2.39. The lowest BCUT2D eigenvalue weighted by atomic mass is 9.89. The summed E-state index contributed by atoms with van der Waals surface area (Å²) in [6.07, 6.45) is -0.00362. The number of nitrogens with zero attached hydrogens (tertiary/aromatic N) is 1. The maximum Gasteiger partial charge on any atom is 0.227 e. The van der Waals surface area contributed by atoms with Crippen molar-refractivity contribution in [2.45, 2.75) is 26.4 Å². The van der Waals surface area contributed by atoms with Crippen LogP contribution < -0.4 is 10.2 Å². The molecule has 1 amide bonds. The molecular weight excluding hydrogens is 259 g/mol. The van der Waals surface area contributed by atoms with Crippen LogP contribution >= 0.6 is 0 Å². The van der Waals surface area contributed by atoms with Gasteiger partial charge in [-0.25, -0.2) is 4.39 Å². The minimum atomic E-state index is -0.743. The largest absolute Gasteiger partial charge is 0.389 e. The number of aliphatic hydroxyl groups is 1. The van der Waals surface area contributed by atoms with Gasteiger partial charge in [-0.1, -0.05) is 0 Å². The third kappa shape index (κ3) is 2.63. The van der Waals surface area contributed by atoms with Crippen LogP contribution in [0.15, 0.2) is 18.2 Å². The van der Waals surface area contributed by atoms with E-state index >= 15 is 0 Å². The topological polar surface area (TPSA) is 52.6 Å². The number of benzene rings is 1. The quantitative estimate of drug-likeness (QED) is 0.888. The maximum atomic E-state index is 13.3. The van der Waals surface area contributed by atoms with E-state index in [-0.39, 0.29) is 11.7 Å². The molecule has 0 aliphatic carbocycles. The molecule has 20 heavy (non-hydrogen) atoms. The number of nitrogens with one attached hydrogen (secondary N) is 1. The third-order valence-corrected chi connectivity index (χ3v) is 4.03. The summed E-state index contributed by atoms with van der Waals surface area (Å²) in [5.74, 6) is -0.349. The number of rotatable bonds is 3. The molecule has 1 aliphatic heterocycles. The van der Waals surface area contributed by atoms with Crippen LogP contribution in [0.4, 0.5) is 10.1 Å². The van der Waals surface area contributed by atoms with Crippen molar-refractivity contribution in [2.24, 2.45) is 5.41 Å². The van der Waals surface area contributed by atoms with Crippen molar-refractivity contribution in [1.82, 2.24) is 5.32 Å². The Balaban J connectivity index is 2.29. The van der Waals surface area contributed by atoms with Crippen LogP contribution in [0, 0.1) is 11.2 Å². The van der Waals surface area contributed by atoms with Crippen molar-refractivity contribution in [1.29, 1.82) is 0 Å². The number of anilines is 1. The molecule has 110 valence electrons. The van der Waals surface area contributed by atoms with Crippen LogP contribution in [0.3, 0.4) is 0 Å². The number of amides is 1. The van der Waals surface area contributed by atoms with Crippen LogP contribution in [0.25, 0.3) is 0 Å². The van der Waals surface area contributed by atoms with Gasteiger partial charge in [0.05, 0.1) is 11.5 Å². The van der Waals surface area contributed by atoms with Gasteiger partial charge in [-0.3, -0.25) is 4.79 Å². The van der Waals surface area contributed by atoms with Crippen LogP contribution in [-0.4, -0.2) is 31.2 Å². The summed E-state index contributed by atoms with van der Waals surface area (Å²) in [6.45, 7) is 4.83. The summed E-state index contributed by atoms with van der Waals surface area (Å²) in [5.41, 5.74) is 0.916. The highest BCUT2D eigenvalue weighted by molar-refractivity contribution is 5.83. The molecule has 2 rings (SSSR count). The SMILES string of the molecule is CNC(=O)C1(C)CCN(c2ccc(F)cc2[C@@H](C)O)C1. The molecule has 0 aromatic heterocycles. The number of carbonyl (C=O) groups is 1. The lowest BCUT2D eigenvalue weighted by molar-refractivity contribution is -0.128. The highest BCUT2D eigenvalue weighted by atomic mass is 19.1. The average molecular weight is 280 g/mol. The molecule has 1 unspecified atom stereocenters. The van der Waals surface area contributed by atoms with E-state index in [1.54, 1.807) is 20.0 Å². The zero-order chi connectivity index (χ0) is 14.9. The van der Waals surface area contributed by atoms with Gasteiger partial charge in [0.1, 0.15) is 5.82 Å². The number of hydrogen-bond donors (Lipinski definition) is 2. The molecule has 1 aromatic rings. The minimum absolute atomic E-state index is 0.0145. The number of carbonyl (C=O) groups excluding carboxylic acids is 1. The lowest BCUT2D eigenvalue weighted by Gasteiger charge is -2.26. The number of halogens is 1. The van der Waals surface area contributed by atoms with Crippen LogP contribution in [-0.2, 0) is 4.79 Å². The molecule has 0 saturated carbocycles. The minimum Gasteiger partial charge on any atom is -0.389 e. The average Bonchev–Trinajstić information content (AvgIpc) is 2.81. The summed E-state index contributed by atoms with van der Waals surface area (Å²) >= 11 is 0.